The van der Waals surface area contributed by atoms with Crippen LogP contribution >= 0.6 is 11.6 Å². The van der Waals surface area contributed by atoms with Gasteiger partial charge in [-0.1, -0.05) is 11.6 Å². The third-order valence-electron chi connectivity index (χ3n) is 3.49. The van der Waals surface area contributed by atoms with Crippen molar-refractivity contribution in [1.82, 2.24) is 10.3 Å². The number of carboxylic acid groups (broad SMARTS) is 1. The number of pyridine rings is 1. The number of carbonyl (C=O) groups is 2. The lowest BCUT2D eigenvalue weighted by atomic mass is 9.94. The summed E-state index contributed by atoms with van der Waals surface area (Å²) in [5, 5.41) is 11.9. The highest BCUT2D eigenvalue weighted by Gasteiger charge is 2.28. The Morgan fingerprint density at radius 3 is 2.73 bits per heavy atom. The van der Waals surface area contributed by atoms with Gasteiger partial charge in [-0.05, 0) is 38.7 Å². The van der Waals surface area contributed by atoms with Gasteiger partial charge >= 0.3 is 5.97 Å². The van der Waals surface area contributed by atoms with Crippen LogP contribution in [-0.2, 0) is 4.79 Å². The zero-order chi connectivity index (χ0) is 16.3. The maximum atomic E-state index is 12.0. The summed E-state index contributed by atoms with van der Waals surface area (Å²) >= 11 is 6.06. The Labute approximate surface area is 133 Å². The van der Waals surface area contributed by atoms with Crippen LogP contribution in [0.15, 0.2) is 12.3 Å². The average molecular weight is 327 g/mol. The highest BCUT2D eigenvalue weighted by atomic mass is 35.5. The molecule has 0 bridgehead atoms. The Hall–Kier alpha value is -1.82. The first-order valence-electron chi connectivity index (χ1n) is 7.09. The van der Waals surface area contributed by atoms with E-state index in [4.69, 9.17) is 21.4 Å². The van der Waals surface area contributed by atoms with Crippen molar-refractivity contribution in [3.63, 3.8) is 0 Å². The lowest BCUT2D eigenvalue weighted by molar-refractivity contribution is -0.146. The molecule has 0 spiro atoms. The molecule has 0 atom stereocenters. The fraction of sp³-hybridized carbons (Fsp3) is 0.533. The third-order valence-corrected chi connectivity index (χ3v) is 3.76. The van der Waals surface area contributed by atoms with Crippen LogP contribution in [0.3, 0.4) is 0 Å². The molecule has 2 rings (SSSR count). The topological polar surface area (TPSA) is 88.5 Å². The predicted octanol–water partition coefficient (Wildman–Crippen LogP) is 2.36. The van der Waals surface area contributed by atoms with Crippen molar-refractivity contribution in [1.29, 1.82) is 0 Å². The lowest BCUT2D eigenvalue weighted by Crippen LogP contribution is -2.38. The quantitative estimate of drug-likeness (QED) is 0.803. The average Bonchev–Trinajstić information content (AvgIpc) is 3.27. The highest BCUT2D eigenvalue weighted by molar-refractivity contribution is 6.32. The zero-order valence-electron chi connectivity index (χ0n) is 12.6. The molecule has 0 radical (unpaired) electrons. The fourth-order valence-corrected chi connectivity index (χ4v) is 1.84. The first-order chi connectivity index (χ1) is 10.3. The normalized spacial score (nSPS) is 14.5. The van der Waals surface area contributed by atoms with Crippen LogP contribution in [-0.4, -0.2) is 35.1 Å². The van der Waals surface area contributed by atoms with Gasteiger partial charge in [0.2, 0.25) is 5.88 Å². The number of amides is 1. The predicted molar refractivity (Wildman–Crippen MR) is 81.2 cm³/mol. The van der Waals surface area contributed by atoms with Crippen molar-refractivity contribution >= 4 is 23.5 Å². The van der Waals surface area contributed by atoms with Crippen molar-refractivity contribution in [3.8, 4) is 5.88 Å². The highest BCUT2D eigenvalue weighted by Crippen LogP contribution is 2.31. The second-order valence-corrected chi connectivity index (χ2v) is 6.54. The number of halogens is 1. The largest absolute Gasteiger partial charge is 0.481 e. The van der Waals surface area contributed by atoms with Crippen LogP contribution in [0.5, 0.6) is 5.88 Å². The van der Waals surface area contributed by atoms with Crippen molar-refractivity contribution in [3.05, 3.63) is 22.8 Å². The molecule has 0 aliphatic heterocycles. The number of hydrogen-bond donors (Lipinski definition) is 2. The summed E-state index contributed by atoms with van der Waals surface area (Å²) in [5.74, 6) is -0.500. The summed E-state index contributed by atoms with van der Waals surface area (Å²) < 4.78 is 5.49. The molecule has 1 fully saturated rings. The fourth-order valence-electron chi connectivity index (χ4n) is 1.62. The maximum Gasteiger partial charge on any atom is 0.310 e. The number of hydrogen-bond acceptors (Lipinski definition) is 4. The van der Waals surface area contributed by atoms with Gasteiger partial charge < -0.3 is 15.2 Å². The molecule has 1 aliphatic rings. The number of aliphatic carboxylic acids is 1. The molecule has 1 aromatic rings. The number of rotatable bonds is 7. The number of ether oxygens (including phenoxy) is 1. The van der Waals surface area contributed by atoms with E-state index < -0.39 is 17.3 Å². The Morgan fingerprint density at radius 1 is 1.50 bits per heavy atom. The van der Waals surface area contributed by atoms with E-state index >= 15 is 0 Å². The molecule has 0 aromatic carbocycles. The van der Waals surface area contributed by atoms with E-state index in [-0.39, 0.29) is 17.1 Å². The van der Waals surface area contributed by atoms with Crippen LogP contribution in [0.4, 0.5) is 0 Å². The van der Waals surface area contributed by atoms with E-state index in [1.54, 1.807) is 0 Å². The molecule has 0 saturated heterocycles. The smallest absolute Gasteiger partial charge is 0.310 e. The Kier molecular flexibility index (Phi) is 4.90. The summed E-state index contributed by atoms with van der Waals surface area (Å²) in [6.45, 7) is 3.68. The second kappa shape index (κ2) is 6.52. The van der Waals surface area contributed by atoms with Gasteiger partial charge in [0.1, 0.15) is 5.02 Å². The van der Waals surface area contributed by atoms with Crippen LogP contribution in [0.1, 0.15) is 37.0 Å². The monoisotopic (exact) mass is 326 g/mol. The van der Waals surface area contributed by atoms with Crippen LogP contribution in [0.2, 0.25) is 5.02 Å². The zero-order valence-corrected chi connectivity index (χ0v) is 13.3. The van der Waals surface area contributed by atoms with Gasteiger partial charge in [0, 0.05) is 12.7 Å². The van der Waals surface area contributed by atoms with Crippen LogP contribution < -0.4 is 10.1 Å². The molecule has 1 heterocycles. The van der Waals surface area contributed by atoms with Gasteiger partial charge in [-0.15, -0.1) is 0 Å². The second-order valence-electron chi connectivity index (χ2n) is 6.14. The summed E-state index contributed by atoms with van der Waals surface area (Å²) in [5.41, 5.74) is -0.773. The maximum absolute atomic E-state index is 12.0. The summed E-state index contributed by atoms with van der Waals surface area (Å²) in [6, 6.07) is 1.47. The van der Waals surface area contributed by atoms with Crippen molar-refractivity contribution in [2.45, 2.75) is 26.7 Å². The summed E-state index contributed by atoms with van der Waals surface area (Å²) in [7, 11) is 0. The number of nitrogens with zero attached hydrogens (tertiary/aromatic N) is 1. The minimum atomic E-state index is -1.04. The van der Waals surface area contributed by atoms with E-state index in [1.807, 2.05) is 0 Å². The van der Waals surface area contributed by atoms with E-state index in [0.29, 0.717) is 18.4 Å². The molecule has 2 N–H and O–H groups in total. The van der Waals surface area contributed by atoms with E-state index in [0.717, 1.165) is 12.8 Å². The Morgan fingerprint density at radius 2 is 2.18 bits per heavy atom. The molecular formula is C15H19ClN2O4. The van der Waals surface area contributed by atoms with Crippen molar-refractivity contribution in [2.24, 2.45) is 11.3 Å². The van der Waals surface area contributed by atoms with E-state index in [1.165, 1.54) is 26.1 Å². The minimum Gasteiger partial charge on any atom is -0.481 e. The van der Waals surface area contributed by atoms with Crippen LogP contribution in [0, 0.1) is 11.3 Å². The minimum absolute atomic E-state index is 0.0126. The van der Waals surface area contributed by atoms with Gasteiger partial charge in [0.15, 0.2) is 0 Å². The first kappa shape index (κ1) is 16.5. The van der Waals surface area contributed by atoms with Gasteiger partial charge in [0.25, 0.3) is 5.91 Å². The standard InChI is InChI=1S/C15H19ClN2O4/c1-15(2,14(20)21)8-18-12(19)10-5-11(16)13(17-6-10)22-7-9-3-4-9/h5-6,9H,3-4,7-8H2,1-2H3,(H,18,19)(H,20,21). The lowest BCUT2D eigenvalue weighted by Gasteiger charge is -2.19. The Balaban J connectivity index is 1.94. The molecule has 22 heavy (non-hydrogen) atoms. The Bertz CT molecular complexity index is 585. The molecule has 1 amide bonds. The molecule has 120 valence electrons. The van der Waals surface area contributed by atoms with Gasteiger partial charge in [0.05, 0.1) is 17.6 Å². The van der Waals surface area contributed by atoms with Crippen molar-refractivity contribution in [2.75, 3.05) is 13.2 Å². The number of nitrogens with one attached hydrogen (secondary N) is 1. The van der Waals surface area contributed by atoms with Crippen LogP contribution in [0.25, 0.3) is 0 Å². The summed E-state index contributed by atoms with van der Waals surface area (Å²) in [6.07, 6.45) is 3.70. The number of carboxylic acids is 1. The molecular weight excluding hydrogens is 308 g/mol. The molecule has 1 aliphatic carbocycles. The molecule has 0 unspecified atom stereocenters. The molecule has 6 nitrogen and oxygen atoms in total. The molecule has 7 heteroatoms. The third kappa shape index (κ3) is 4.34. The number of aromatic nitrogens is 1. The van der Waals surface area contributed by atoms with Gasteiger partial charge in [-0.25, -0.2) is 4.98 Å². The SMILES string of the molecule is CC(C)(CNC(=O)c1cnc(OCC2CC2)c(Cl)c1)C(=O)O. The number of carbonyl (C=O) groups excluding carboxylic acids is 1. The molecule has 1 aromatic heterocycles. The summed E-state index contributed by atoms with van der Waals surface area (Å²) in [4.78, 5) is 27.1. The van der Waals surface area contributed by atoms with Gasteiger partial charge in [-0.3, -0.25) is 9.59 Å². The first-order valence-corrected chi connectivity index (χ1v) is 7.47. The molecule has 1 saturated carbocycles. The van der Waals surface area contributed by atoms with Crippen molar-refractivity contribution < 1.29 is 19.4 Å². The van der Waals surface area contributed by atoms with E-state index in [9.17, 15) is 9.59 Å². The van der Waals surface area contributed by atoms with E-state index in [2.05, 4.69) is 10.3 Å². The van der Waals surface area contributed by atoms with Gasteiger partial charge in [-0.2, -0.15) is 0 Å².